The van der Waals surface area contributed by atoms with E-state index in [1.54, 1.807) is 6.92 Å². The van der Waals surface area contributed by atoms with Gasteiger partial charge in [-0.15, -0.1) is 0 Å². The number of hydrogen-bond acceptors (Lipinski definition) is 3. The van der Waals surface area contributed by atoms with Gasteiger partial charge in [-0.3, -0.25) is 4.79 Å². The van der Waals surface area contributed by atoms with Crippen LogP contribution in [0.1, 0.15) is 26.2 Å². The maximum atomic E-state index is 12.8. The summed E-state index contributed by atoms with van der Waals surface area (Å²) in [6.45, 7) is 1.79. The first kappa shape index (κ1) is 10.4. The van der Waals surface area contributed by atoms with Crippen molar-refractivity contribution >= 4 is 5.97 Å². The molecule has 1 aliphatic rings. The summed E-state index contributed by atoms with van der Waals surface area (Å²) < 4.78 is 30.1. The lowest BCUT2D eigenvalue weighted by Crippen LogP contribution is -2.47. The molecule has 0 radical (unpaired) electrons. The van der Waals surface area contributed by atoms with Gasteiger partial charge < -0.3 is 10.5 Å². The van der Waals surface area contributed by atoms with Gasteiger partial charge in [-0.05, 0) is 13.3 Å². The highest BCUT2D eigenvalue weighted by molar-refractivity contribution is 5.81. The number of nitrogens with two attached hydrogens (primary N) is 1. The van der Waals surface area contributed by atoms with Gasteiger partial charge in [-0.2, -0.15) is 0 Å². The molecule has 13 heavy (non-hydrogen) atoms. The Morgan fingerprint density at radius 3 is 2.54 bits per heavy atom. The molecule has 3 nitrogen and oxygen atoms in total. The van der Waals surface area contributed by atoms with Crippen LogP contribution in [-0.2, 0) is 9.53 Å². The van der Waals surface area contributed by atoms with E-state index in [1.807, 2.05) is 0 Å². The van der Waals surface area contributed by atoms with Crippen LogP contribution in [0, 0.1) is 0 Å². The van der Waals surface area contributed by atoms with Crippen molar-refractivity contribution in [3.05, 3.63) is 0 Å². The van der Waals surface area contributed by atoms with Crippen molar-refractivity contribution in [2.24, 2.45) is 5.73 Å². The molecule has 0 aromatic heterocycles. The molecule has 0 saturated heterocycles. The zero-order valence-electron chi connectivity index (χ0n) is 7.48. The standard InChI is InChI=1S/C8H13F2NO2/c1-2-13-6(12)7(11)3-4-8(9,10)5-7/h2-5,11H2,1H3/t7-/m1/s1. The summed E-state index contributed by atoms with van der Waals surface area (Å²) in [5.41, 5.74) is 4.04. The summed E-state index contributed by atoms with van der Waals surface area (Å²) in [6.07, 6.45) is -0.931. The topological polar surface area (TPSA) is 52.3 Å². The highest BCUT2D eigenvalue weighted by Crippen LogP contribution is 2.40. The molecule has 0 amide bonds. The maximum Gasteiger partial charge on any atom is 0.326 e. The van der Waals surface area contributed by atoms with Gasteiger partial charge in [0.05, 0.1) is 6.61 Å². The number of carbonyl (C=O) groups excluding carboxylic acids is 1. The van der Waals surface area contributed by atoms with Gasteiger partial charge in [0, 0.05) is 12.8 Å². The second-order valence-electron chi connectivity index (χ2n) is 3.41. The van der Waals surface area contributed by atoms with E-state index < -0.39 is 23.9 Å². The van der Waals surface area contributed by atoms with Gasteiger partial charge in [0.1, 0.15) is 5.54 Å². The van der Waals surface area contributed by atoms with Crippen LogP contribution in [0.25, 0.3) is 0 Å². The molecule has 0 aromatic rings. The van der Waals surface area contributed by atoms with Crippen LogP contribution in [0.2, 0.25) is 0 Å². The molecule has 0 aliphatic heterocycles. The number of rotatable bonds is 2. The molecule has 0 spiro atoms. The molecule has 1 atom stereocenters. The van der Waals surface area contributed by atoms with Crippen LogP contribution in [0.4, 0.5) is 8.78 Å². The van der Waals surface area contributed by atoms with Gasteiger partial charge >= 0.3 is 5.97 Å². The predicted molar refractivity (Wildman–Crippen MR) is 42.3 cm³/mol. The van der Waals surface area contributed by atoms with Crippen LogP contribution >= 0.6 is 0 Å². The Hall–Kier alpha value is -0.710. The molecule has 76 valence electrons. The minimum absolute atomic E-state index is 0.00116. The molecular weight excluding hydrogens is 180 g/mol. The van der Waals surface area contributed by atoms with E-state index in [0.717, 1.165) is 0 Å². The highest BCUT2D eigenvalue weighted by Gasteiger charge is 2.52. The van der Waals surface area contributed by atoms with Crippen molar-refractivity contribution in [1.29, 1.82) is 0 Å². The van der Waals surface area contributed by atoms with Crippen LogP contribution < -0.4 is 5.73 Å². The average Bonchev–Trinajstić information content (AvgIpc) is 2.28. The zero-order valence-corrected chi connectivity index (χ0v) is 7.48. The number of ether oxygens (including phenoxy) is 1. The minimum Gasteiger partial charge on any atom is -0.465 e. The number of alkyl halides is 2. The average molecular weight is 193 g/mol. The van der Waals surface area contributed by atoms with E-state index in [2.05, 4.69) is 4.74 Å². The minimum atomic E-state index is -2.82. The molecule has 2 N–H and O–H groups in total. The summed E-state index contributed by atoms with van der Waals surface area (Å²) >= 11 is 0. The first-order valence-corrected chi connectivity index (χ1v) is 4.23. The SMILES string of the molecule is CCOC(=O)[C@@]1(N)CCC(F)(F)C1. The lowest BCUT2D eigenvalue weighted by Gasteiger charge is -2.20. The number of esters is 1. The molecule has 1 fully saturated rings. The van der Waals surface area contributed by atoms with Gasteiger partial charge in [0.15, 0.2) is 0 Å². The molecular formula is C8H13F2NO2. The van der Waals surface area contributed by atoms with Crippen molar-refractivity contribution in [3.8, 4) is 0 Å². The molecule has 0 bridgehead atoms. The smallest absolute Gasteiger partial charge is 0.326 e. The first-order valence-electron chi connectivity index (χ1n) is 4.23. The summed E-state index contributed by atoms with van der Waals surface area (Å²) in [5, 5.41) is 0. The second kappa shape index (κ2) is 3.21. The fourth-order valence-corrected chi connectivity index (χ4v) is 1.49. The predicted octanol–water partition coefficient (Wildman–Crippen LogP) is 1.07. The molecule has 5 heteroatoms. The lowest BCUT2D eigenvalue weighted by atomic mass is 9.99. The summed E-state index contributed by atoms with van der Waals surface area (Å²) in [4.78, 5) is 11.2. The van der Waals surface area contributed by atoms with Crippen molar-refractivity contribution in [1.82, 2.24) is 0 Å². The number of hydrogen-bond donors (Lipinski definition) is 1. The first-order chi connectivity index (χ1) is 5.90. The van der Waals surface area contributed by atoms with Crippen molar-refractivity contribution < 1.29 is 18.3 Å². The van der Waals surface area contributed by atoms with Crippen LogP contribution in [0.15, 0.2) is 0 Å². The van der Waals surface area contributed by atoms with Crippen molar-refractivity contribution in [2.75, 3.05) is 6.61 Å². The molecule has 1 rings (SSSR count). The van der Waals surface area contributed by atoms with Gasteiger partial charge in [0.25, 0.3) is 5.92 Å². The Balaban J connectivity index is 2.64. The van der Waals surface area contributed by atoms with Gasteiger partial charge in [-0.1, -0.05) is 0 Å². The fourth-order valence-electron chi connectivity index (χ4n) is 1.49. The van der Waals surface area contributed by atoms with E-state index in [1.165, 1.54) is 0 Å². The fraction of sp³-hybridized carbons (Fsp3) is 0.875. The molecule has 1 aliphatic carbocycles. The lowest BCUT2D eigenvalue weighted by molar-refractivity contribution is -0.150. The Morgan fingerprint density at radius 1 is 1.54 bits per heavy atom. The summed E-state index contributed by atoms with van der Waals surface area (Å²) in [5.74, 6) is -3.53. The number of carbonyl (C=O) groups is 1. The maximum absolute atomic E-state index is 12.8. The van der Waals surface area contributed by atoms with Gasteiger partial charge in [0.2, 0.25) is 0 Å². The number of halogens is 2. The third-order valence-electron chi connectivity index (χ3n) is 2.19. The monoisotopic (exact) mass is 193 g/mol. The molecule has 0 aromatic carbocycles. The molecule has 1 saturated carbocycles. The van der Waals surface area contributed by atoms with E-state index in [9.17, 15) is 13.6 Å². The quantitative estimate of drug-likeness (QED) is 0.667. The Bertz CT molecular complexity index is 220. The third-order valence-corrected chi connectivity index (χ3v) is 2.19. The molecule has 0 unspecified atom stereocenters. The van der Waals surface area contributed by atoms with Gasteiger partial charge in [-0.25, -0.2) is 8.78 Å². The largest absolute Gasteiger partial charge is 0.465 e. The third kappa shape index (κ3) is 2.15. The van der Waals surface area contributed by atoms with Crippen LogP contribution in [-0.4, -0.2) is 24.0 Å². The Labute approximate surface area is 75.2 Å². The van der Waals surface area contributed by atoms with E-state index in [0.29, 0.717) is 0 Å². The van der Waals surface area contributed by atoms with E-state index >= 15 is 0 Å². The zero-order chi connectivity index (χ0) is 10.1. The van der Waals surface area contributed by atoms with E-state index in [4.69, 9.17) is 5.73 Å². The molecule has 0 heterocycles. The Kier molecular flexibility index (Phi) is 2.56. The van der Waals surface area contributed by atoms with Crippen molar-refractivity contribution in [2.45, 2.75) is 37.6 Å². The summed E-state index contributed by atoms with van der Waals surface area (Å²) in [7, 11) is 0. The Morgan fingerprint density at radius 2 is 2.15 bits per heavy atom. The van der Waals surface area contributed by atoms with Crippen LogP contribution in [0.5, 0.6) is 0 Å². The van der Waals surface area contributed by atoms with E-state index in [-0.39, 0.29) is 19.4 Å². The normalized spacial score (nSPS) is 31.7. The second-order valence-corrected chi connectivity index (χ2v) is 3.41. The van der Waals surface area contributed by atoms with Crippen LogP contribution in [0.3, 0.4) is 0 Å². The summed E-state index contributed by atoms with van der Waals surface area (Å²) in [6, 6.07) is 0. The highest BCUT2D eigenvalue weighted by atomic mass is 19.3. The van der Waals surface area contributed by atoms with Crippen molar-refractivity contribution in [3.63, 3.8) is 0 Å².